The highest BCUT2D eigenvalue weighted by Gasteiger charge is 2.06. The first-order valence-corrected chi connectivity index (χ1v) is 6.70. The van der Waals surface area contributed by atoms with Crippen LogP contribution in [0, 0.1) is 25.7 Å². The summed E-state index contributed by atoms with van der Waals surface area (Å²) < 4.78 is 0. The Balaban J connectivity index is 2.24. The van der Waals surface area contributed by atoms with Crippen LogP contribution < -0.4 is 5.32 Å². The topological polar surface area (TPSA) is 42.0 Å². The Morgan fingerprint density at radius 3 is 2.79 bits per heavy atom. The minimum Gasteiger partial charge on any atom is -0.302 e. The summed E-state index contributed by atoms with van der Waals surface area (Å²) in [6, 6.07) is 8.04. The quantitative estimate of drug-likeness (QED) is 0.809. The number of benzene rings is 1. The van der Waals surface area contributed by atoms with Crippen molar-refractivity contribution in [1.29, 1.82) is 0 Å². The zero-order valence-electron chi connectivity index (χ0n) is 11.1. The fraction of sp³-hybridized carbons (Fsp3) is 0.200. The molecule has 1 aromatic heterocycles. The van der Waals surface area contributed by atoms with Gasteiger partial charge in [-0.1, -0.05) is 29.4 Å². The molecular weight excluding hydrogens is 256 g/mol. The first kappa shape index (κ1) is 13.3. The van der Waals surface area contributed by atoms with Gasteiger partial charge in [-0.3, -0.25) is 4.79 Å². The van der Waals surface area contributed by atoms with Crippen LogP contribution in [0.5, 0.6) is 0 Å². The van der Waals surface area contributed by atoms with Gasteiger partial charge in [0.15, 0.2) is 5.13 Å². The largest absolute Gasteiger partial charge is 0.302 e. The summed E-state index contributed by atoms with van der Waals surface area (Å²) in [6.45, 7) is 5.40. The number of carbonyl (C=O) groups is 1. The van der Waals surface area contributed by atoms with Crippen molar-refractivity contribution in [2.75, 3.05) is 5.32 Å². The third kappa shape index (κ3) is 3.67. The second-order valence-electron chi connectivity index (χ2n) is 4.23. The molecule has 0 aliphatic rings. The van der Waals surface area contributed by atoms with Crippen molar-refractivity contribution < 1.29 is 4.79 Å². The van der Waals surface area contributed by atoms with Crippen LogP contribution in [-0.4, -0.2) is 10.9 Å². The summed E-state index contributed by atoms with van der Waals surface area (Å²) in [6.07, 6.45) is 0. The third-order valence-electron chi connectivity index (χ3n) is 2.42. The number of carbonyl (C=O) groups excluding carboxylic acids is 1. The van der Waals surface area contributed by atoms with Crippen LogP contribution in [0.2, 0.25) is 0 Å². The number of aryl methyl sites for hydroxylation is 2. The molecule has 1 heterocycles. The molecule has 0 fully saturated rings. The molecule has 0 radical (unpaired) electrons. The minimum absolute atomic E-state index is 0.119. The van der Waals surface area contributed by atoms with Gasteiger partial charge in [-0.15, -0.1) is 0 Å². The molecule has 0 bridgehead atoms. The number of thiazole rings is 1. The van der Waals surface area contributed by atoms with Crippen LogP contribution in [0.1, 0.15) is 28.6 Å². The van der Waals surface area contributed by atoms with Crippen molar-refractivity contribution in [3.05, 3.63) is 46.0 Å². The van der Waals surface area contributed by atoms with Crippen LogP contribution in [0.15, 0.2) is 24.3 Å². The smallest absolute Gasteiger partial charge is 0.223 e. The SMILES string of the molecule is CC(=O)Nc1nc(C)c(C#Cc2cccc(C)c2)s1. The van der Waals surface area contributed by atoms with Gasteiger partial charge in [-0.2, -0.15) is 0 Å². The van der Waals surface area contributed by atoms with Crippen molar-refractivity contribution in [3.63, 3.8) is 0 Å². The van der Waals surface area contributed by atoms with Gasteiger partial charge in [0, 0.05) is 12.5 Å². The first-order chi connectivity index (χ1) is 9.04. The Kier molecular flexibility index (Phi) is 3.98. The van der Waals surface area contributed by atoms with Crippen molar-refractivity contribution in [2.45, 2.75) is 20.8 Å². The fourth-order valence-corrected chi connectivity index (χ4v) is 2.43. The maximum absolute atomic E-state index is 11.0. The molecule has 2 aromatic rings. The highest BCUT2D eigenvalue weighted by atomic mass is 32.1. The number of rotatable bonds is 1. The van der Waals surface area contributed by atoms with Crippen LogP contribution in [-0.2, 0) is 4.79 Å². The van der Waals surface area contributed by atoms with Gasteiger partial charge < -0.3 is 5.32 Å². The predicted molar refractivity (Wildman–Crippen MR) is 78.3 cm³/mol. The van der Waals surface area contributed by atoms with E-state index in [2.05, 4.69) is 22.1 Å². The molecule has 2 rings (SSSR count). The number of nitrogens with zero attached hydrogens (tertiary/aromatic N) is 1. The second kappa shape index (κ2) is 5.68. The highest BCUT2D eigenvalue weighted by molar-refractivity contribution is 7.16. The second-order valence-corrected chi connectivity index (χ2v) is 5.23. The Morgan fingerprint density at radius 1 is 1.32 bits per heavy atom. The average molecular weight is 270 g/mol. The van der Waals surface area contributed by atoms with E-state index in [4.69, 9.17) is 0 Å². The van der Waals surface area contributed by atoms with E-state index in [0.29, 0.717) is 5.13 Å². The van der Waals surface area contributed by atoms with Gasteiger partial charge in [-0.05, 0) is 37.5 Å². The van der Waals surface area contributed by atoms with Gasteiger partial charge in [0.05, 0.1) is 5.69 Å². The Labute approximate surface area is 116 Å². The Bertz CT molecular complexity index is 677. The molecule has 96 valence electrons. The lowest BCUT2D eigenvalue weighted by molar-refractivity contribution is -0.114. The molecule has 0 aliphatic heterocycles. The van der Waals surface area contributed by atoms with E-state index in [1.807, 2.05) is 38.1 Å². The lowest BCUT2D eigenvalue weighted by Crippen LogP contribution is -2.04. The zero-order chi connectivity index (χ0) is 13.8. The zero-order valence-corrected chi connectivity index (χ0v) is 11.9. The number of amides is 1. The standard InChI is InChI=1S/C15H14N2OS/c1-10-5-4-6-13(9-10)7-8-14-11(2)16-15(19-14)17-12(3)18/h4-6,9H,1-3H3,(H,16,17,18). The number of hydrogen-bond acceptors (Lipinski definition) is 3. The summed E-state index contributed by atoms with van der Waals surface area (Å²) in [5.74, 6) is 6.10. The molecule has 19 heavy (non-hydrogen) atoms. The summed E-state index contributed by atoms with van der Waals surface area (Å²) in [5.41, 5.74) is 3.01. The summed E-state index contributed by atoms with van der Waals surface area (Å²) >= 11 is 1.39. The van der Waals surface area contributed by atoms with Gasteiger partial charge in [-0.25, -0.2) is 4.98 Å². The van der Waals surface area contributed by atoms with Crippen LogP contribution >= 0.6 is 11.3 Å². The molecule has 0 spiro atoms. The molecule has 0 saturated heterocycles. The molecule has 0 atom stereocenters. The lowest BCUT2D eigenvalue weighted by atomic mass is 10.1. The van der Waals surface area contributed by atoms with Crippen LogP contribution in [0.25, 0.3) is 0 Å². The maximum Gasteiger partial charge on any atom is 0.223 e. The molecule has 0 unspecified atom stereocenters. The van der Waals surface area contributed by atoms with Crippen molar-refractivity contribution >= 4 is 22.4 Å². The lowest BCUT2D eigenvalue weighted by Gasteiger charge is -1.92. The average Bonchev–Trinajstić information content (AvgIpc) is 2.66. The normalized spacial score (nSPS) is 9.63. The molecule has 0 saturated carbocycles. The van der Waals surface area contributed by atoms with E-state index in [-0.39, 0.29) is 5.91 Å². The molecular formula is C15H14N2OS. The van der Waals surface area contributed by atoms with Gasteiger partial charge >= 0.3 is 0 Å². The molecule has 4 heteroatoms. The Morgan fingerprint density at radius 2 is 2.11 bits per heavy atom. The number of hydrogen-bond donors (Lipinski definition) is 1. The number of aromatic nitrogens is 1. The summed E-state index contributed by atoms with van der Waals surface area (Å²) in [5, 5.41) is 3.27. The highest BCUT2D eigenvalue weighted by Crippen LogP contribution is 2.21. The van der Waals surface area contributed by atoms with Gasteiger partial charge in [0.25, 0.3) is 0 Å². The molecule has 3 nitrogen and oxygen atoms in total. The summed E-state index contributed by atoms with van der Waals surface area (Å²) in [4.78, 5) is 16.1. The Hall–Kier alpha value is -2.12. The van der Waals surface area contributed by atoms with Crippen molar-refractivity contribution in [2.24, 2.45) is 0 Å². The fourth-order valence-electron chi connectivity index (χ4n) is 1.57. The number of nitrogens with one attached hydrogen (secondary N) is 1. The molecule has 1 amide bonds. The van der Waals surface area contributed by atoms with E-state index in [0.717, 1.165) is 16.1 Å². The van der Waals surface area contributed by atoms with E-state index < -0.39 is 0 Å². The van der Waals surface area contributed by atoms with Gasteiger partial charge in [0.2, 0.25) is 5.91 Å². The van der Waals surface area contributed by atoms with Crippen molar-refractivity contribution in [1.82, 2.24) is 4.98 Å². The van der Waals surface area contributed by atoms with Crippen molar-refractivity contribution in [3.8, 4) is 11.8 Å². The van der Waals surface area contributed by atoms with E-state index in [1.54, 1.807) is 0 Å². The maximum atomic E-state index is 11.0. The first-order valence-electron chi connectivity index (χ1n) is 5.88. The molecule has 1 N–H and O–H groups in total. The minimum atomic E-state index is -0.119. The summed E-state index contributed by atoms with van der Waals surface area (Å²) in [7, 11) is 0. The van der Waals surface area contributed by atoms with E-state index in [9.17, 15) is 4.79 Å². The molecule has 1 aromatic carbocycles. The van der Waals surface area contributed by atoms with Gasteiger partial charge in [0.1, 0.15) is 4.88 Å². The monoisotopic (exact) mass is 270 g/mol. The van der Waals surface area contributed by atoms with Crippen LogP contribution in [0.3, 0.4) is 0 Å². The molecule has 0 aliphatic carbocycles. The van der Waals surface area contributed by atoms with E-state index >= 15 is 0 Å². The third-order valence-corrected chi connectivity index (χ3v) is 3.41. The van der Waals surface area contributed by atoms with Crippen LogP contribution in [0.4, 0.5) is 5.13 Å². The van der Waals surface area contributed by atoms with E-state index in [1.165, 1.54) is 23.8 Å². The predicted octanol–water partition coefficient (Wildman–Crippen LogP) is 3.12. The number of anilines is 1.